The fraction of sp³-hybridized carbons (Fsp3) is 0.440. The van der Waals surface area contributed by atoms with Crippen LogP contribution in [0.5, 0.6) is 11.5 Å². The number of rotatable bonds is 10. The van der Waals surface area contributed by atoms with Gasteiger partial charge in [-0.1, -0.05) is 44.2 Å². The molecule has 0 saturated carbocycles. The Bertz CT molecular complexity index is 1140. The smallest absolute Gasteiger partial charge is 0.244 e. The molecule has 1 heterocycles. The van der Waals surface area contributed by atoms with Crippen LogP contribution in [0, 0.1) is 5.92 Å². The number of carbonyl (C=O) groups excluding carboxylic acids is 2. The molecule has 0 spiro atoms. The molecule has 9 nitrogen and oxygen atoms in total. The normalized spacial score (nSPS) is 13.7. The van der Waals surface area contributed by atoms with Crippen LogP contribution in [0.2, 0.25) is 0 Å². The Hall–Kier alpha value is -3.27. The molecule has 35 heavy (non-hydrogen) atoms. The van der Waals surface area contributed by atoms with Crippen molar-refractivity contribution in [2.45, 2.75) is 33.4 Å². The Balaban J connectivity index is 1.88. The predicted molar refractivity (Wildman–Crippen MR) is 134 cm³/mol. The van der Waals surface area contributed by atoms with Crippen LogP contribution < -0.4 is 19.1 Å². The van der Waals surface area contributed by atoms with E-state index in [9.17, 15) is 18.0 Å². The quantitative estimate of drug-likeness (QED) is 0.534. The molecule has 190 valence electrons. The topological polar surface area (TPSA) is 105 Å². The van der Waals surface area contributed by atoms with E-state index < -0.39 is 28.5 Å². The first-order valence-electron chi connectivity index (χ1n) is 11.5. The molecule has 0 aromatic heterocycles. The van der Waals surface area contributed by atoms with Gasteiger partial charge in [0.15, 0.2) is 11.5 Å². The highest BCUT2D eigenvalue weighted by Crippen LogP contribution is 2.34. The zero-order valence-electron chi connectivity index (χ0n) is 20.6. The van der Waals surface area contributed by atoms with E-state index in [4.69, 9.17) is 9.47 Å². The molecule has 2 aromatic carbocycles. The van der Waals surface area contributed by atoms with Crippen LogP contribution in [-0.2, 0) is 26.2 Å². The van der Waals surface area contributed by atoms with Crippen LogP contribution in [0.15, 0.2) is 48.5 Å². The third-order valence-corrected chi connectivity index (χ3v) is 6.68. The van der Waals surface area contributed by atoms with Gasteiger partial charge in [-0.15, -0.1) is 0 Å². The number of anilines is 1. The van der Waals surface area contributed by atoms with Gasteiger partial charge in [0.25, 0.3) is 0 Å². The Labute approximate surface area is 207 Å². The lowest BCUT2D eigenvalue weighted by molar-refractivity contribution is -0.139. The summed E-state index contributed by atoms with van der Waals surface area (Å²) in [6.45, 7) is 6.54. The second-order valence-corrected chi connectivity index (χ2v) is 10.8. The number of amides is 2. The van der Waals surface area contributed by atoms with Crippen molar-refractivity contribution in [3.8, 4) is 11.5 Å². The summed E-state index contributed by atoms with van der Waals surface area (Å²) in [6.07, 6.45) is 1.04. The molecule has 1 N–H and O–H groups in total. The lowest BCUT2D eigenvalue weighted by Gasteiger charge is -2.32. The fourth-order valence-electron chi connectivity index (χ4n) is 3.62. The van der Waals surface area contributed by atoms with Crippen molar-refractivity contribution in [2.24, 2.45) is 5.92 Å². The minimum Gasteiger partial charge on any atom is -0.486 e. The van der Waals surface area contributed by atoms with Crippen molar-refractivity contribution >= 4 is 27.5 Å². The summed E-state index contributed by atoms with van der Waals surface area (Å²) >= 11 is 0. The highest BCUT2D eigenvalue weighted by molar-refractivity contribution is 7.92. The van der Waals surface area contributed by atoms with E-state index in [0.717, 1.165) is 16.1 Å². The van der Waals surface area contributed by atoms with Crippen molar-refractivity contribution in [3.63, 3.8) is 0 Å². The number of hydrogen-bond acceptors (Lipinski definition) is 6. The first-order chi connectivity index (χ1) is 16.6. The molecule has 1 atom stereocenters. The third-order valence-electron chi connectivity index (χ3n) is 5.54. The average Bonchev–Trinajstić information content (AvgIpc) is 2.83. The van der Waals surface area contributed by atoms with Gasteiger partial charge >= 0.3 is 0 Å². The molecular weight excluding hydrogens is 470 g/mol. The number of nitrogens with one attached hydrogen (secondary N) is 1. The van der Waals surface area contributed by atoms with Crippen LogP contribution >= 0.6 is 0 Å². The maximum atomic E-state index is 13.5. The second kappa shape index (κ2) is 11.4. The number of nitrogens with zero attached hydrogens (tertiary/aromatic N) is 2. The van der Waals surface area contributed by atoms with E-state index in [1.807, 2.05) is 44.2 Å². The number of fused-ring (bicyclic) bond motifs is 1. The SMILES string of the molecule is CC(C)CNC(=O)[C@@H](C)N(Cc1ccccc1)C(=O)CN(c1ccc2c(c1)OCCO2)S(C)(=O)=O. The summed E-state index contributed by atoms with van der Waals surface area (Å²) in [6, 6.07) is 13.2. The van der Waals surface area contributed by atoms with E-state index in [1.54, 1.807) is 25.1 Å². The molecule has 0 bridgehead atoms. The maximum absolute atomic E-state index is 13.5. The first-order valence-corrected chi connectivity index (χ1v) is 13.4. The summed E-state index contributed by atoms with van der Waals surface area (Å²) in [4.78, 5) is 27.8. The maximum Gasteiger partial charge on any atom is 0.244 e. The molecule has 0 saturated heterocycles. The lowest BCUT2D eigenvalue weighted by Crippen LogP contribution is -2.51. The van der Waals surface area contributed by atoms with Gasteiger partial charge in [-0.25, -0.2) is 8.42 Å². The average molecular weight is 504 g/mol. The molecule has 10 heteroatoms. The Kier molecular flexibility index (Phi) is 8.61. The molecule has 2 amide bonds. The summed E-state index contributed by atoms with van der Waals surface area (Å²) in [5.74, 6) is 0.383. The molecule has 2 aromatic rings. The standard InChI is InChI=1S/C25H33N3O6S/c1-18(2)15-26-25(30)19(3)27(16-20-8-6-5-7-9-20)24(29)17-28(35(4,31)32)21-10-11-22-23(14-21)34-13-12-33-22/h5-11,14,18-19H,12-13,15-17H2,1-4H3,(H,26,30)/t19-/m1/s1. The van der Waals surface area contributed by atoms with E-state index in [-0.39, 0.29) is 24.1 Å². The van der Waals surface area contributed by atoms with E-state index >= 15 is 0 Å². The minimum absolute atomic E-state index is 0.161. The van der Waals surface area contributed by atoms with Gasteiger partial charge < -0.3 is 19.7 Å². The first kappa shape index (κ1) is 26.3. The molecule has 1 aliphatic heterocycles. The van der Waals surface area contributed by atoms with Crippen molar-refractivity contribution in [2.75, 3.05) is 36.9 Å². The van der Waals surface area contributed by atoms with Crippen LogP contribution in [-0.4, -0.2) is 63.7 Å². The number of sulfonamides is 1. The molecule has 0 unspecified atom stereocenters. The van der Waals surface area contributed by atoms with Crippen molar-refractivity contribution in [3.05, 3.63) is 54.1 Å². The summed E-state index contributed by atoms with van der Waals surface area (Å²) in [5, 5.41) is 2.86. The van der Waals surface area contributed by atoms with Gasteiger partial charge in [0.05, 0.1) is 11.9 Å². The highest BCUT2D eigenvalue weighted by atomic mass is 32.2. The predicted octanol–water partition coefficient (Wildman–Crippen LogP) is 2.41. The van der Waals surface area contributed by atoms with E-state index in [2.05, 4.69) is 5.32 Å². The van der Waals surface area contributed by atoms with E-state index in [0.29, 0.717) is 31.3 Å². The van der Waals surface area contributed by atoms with Gasteiger partial charge in [0.1, 0.15) is 25.8 Å². The number of carbonyl (C=O) groups is 2. The summed E-state index contributed by atoms with van der Waals surface area (Å²) < 4.78 is 37.5. The van der Waals surface area contributed by atoms with Crippen LogP contribution in [0.4, 0.5) is 5.69 Å². The molecule has 1 aliphatic rings. The molecule has 0 aliphatic carbocycles. The van der Waals surface area contributed by atoms with Gasteiger partial charge in [-0.3, -0.25) is 13.9 Å². The summed E-state index contributed by atoms with van der Waals surface area (Å²) in [7, 11) is -3.82. The number of benzene rings is 2. The van der Waals surface area contributed by atoms with Crippen LogP contribution in [0.25, 0.3) is 0 Å². The van der Waals surface area contributed by atoms with Gasteiger partial charge in [0.2, 0.25) is 21.8 Å². The third kappa shape index (κ3) is 7.11. The fourth-order valence-corrected chi connectivity index (χ4v) is 4.46. The van der Waals surface area contributed by atoms with Crippen molar-refractivity contribution < 1.29 is 27.5 Å². The number of hydrogen-bond donors (Lipinski definition) is 1. The largest absolute Gasteiger partial charge is 0.486 e. The Morgan fingerprint density at radius 2 is 1.66 bits per heavy atom. The van der Waals surface area contributed by atoms with Crippen LogP contribution in [0.3, 0.4) is 0 Å². The van der Waals surface area contributed by atoms with E-state index in [1.165, 1.54) is 4.90 Å². The van der Waals surface area contributed by atoms with Crippen molar-refractivity contribution in [1.82, 2.24) is 10.2 Å². The zero-order chi connectivity index (χ0) is 25.6. The number of ether oxygens (including phenoxy) is 2. The lowest BCUT2D eigenvalue weighted by atomic mass is 10.1. The Morgan fingerprint density at radius 3 is 2.29 bits per heavy atom. The molecule has 0 fully saturated rings. The Morgan fingerprint density at radius 1 is 1.00 bits per heavy atom. The van der Waals surface area contributed by atoms with Crippen molar-refractivity contribution in [1.29, 1.82) is 0 Å². The highest BCUT2D eigenvalue weighted by Gasteiger charge is 2.30. The second-order valence-electron chi connectivity index (χ2n) is 8.92. The molecule has 0 radical (unpaired) electrons. The minimum atomic E-state index is -3.82. The van der Waals surface area contributed by atoms with Gasteiger partial charge in [-0.05, 0) is 30.5 Å². The van der Waals surface area contributed by atoms with Gasteiger partial charge in [0, 0.05) is 19.2 Å². The zero-order valence-corrected chi connectivity index (χ0v) is 21.4. The van der Waals surface area contributed by atoms with Crippen LogP contribution in [0.1, 0.15) is 26.3 Å². The van der Waals surface area contributed by atoms with Gasteiger partial charge in [-0.2, -0.15) is 0 Å². The molecule has 3 rings (SSSR count). The monoisotopic (exact) mass is 503 g/mol. The molecular formula is C25H33N3O6S. The summed E-state index contributed by atoms with van der Waals surface area (Å²) in [5.41, 5.74) is 1.11.